The third-order valence-corrected chi connectivity index (χ3v) is 3.76. The monoisotopic (exact) mass is 340 g/mol. The lowest BCUT2D eigenvalue weighted by Gasteiger charge is -2.12. The fourth-order valence-electron chi connectivity index (χ4n) is 2.52. The van der Waals surface area contributed by atoms with Crippen molar-refractivity contribution in [2.75, 3.05) is 5.32 Å². The Morgan fingerprint density at radius 2 is 1.84 bits per heavy atom. The maximum atomic E-state index is 13.7. The number of rotatable bonds is 3. The van der Waals surface area contributed by atoms with Gasteiger partial charge in [0.1, 0.15) is 11.6 Å². The Labute approximate surface area is 144 Å². The normalized spacial score (nSPS) is 10.8. The largest absolute Gasteiger partial charge is 0.339 e. The van der Waals surface area contributed by atoms with Crippen LogP contribution in [0.4, 0.5) is 10.2 Å². The van der Waals surface area contributed by atoms with Crippen molar-refractivity contribution in [2.24, 2.45) is 0 Å². The van der Waals surface area contributed by atoms with E-state index in [-0.39, 0.29) is 5.56 Å². The van der Waals surface area contributed by atoms with Gasteiger partial charge >= 0.3 is 0 Å². The SMILES string of the molecule is Cc1cc(C)c(-c2noc(C)n2)c(NC(=O)c2ccc(C)c(F)c2)n1. The van der Waals surface area contributed by atoms with Gasteiger partial charge in [0.15, 0.2) is 0 Å². The summed E-state index contributed by atoms with van der Waals surface area (Å²) in [7, 11) is 0. The van der Waals surface area contributed by atoms with Gasteiger partial charge in [-0.25, -0.2) is 9.37 Å². The Morgan fingerprint density at radius 1 is 1.08 bits per heavy atom. The lowest BCUT2D eigenvalue weighted by molar-refractivity contribution is 0.102. The number of benzene rings is 1. The fourth-order valence-corrected chi connectivity index (χ4v) is 2.52. The lowest BCUT2D eigenvalue weighted by atomic mass is 10.1. The number of hydrogen-bond acceptors (Lipinski definition) is 5. The molecule has 0 atom stereocenters. The Balaban J connectivity index is 2.01. The van der Waals surface area contributed by atoms with Gasteiger partial charge in [-0.15, -0.1) is 0 Å². The van der Waals surface area contributed by atoms with Crippen molar-refractivity contribution in [2.45, 2.75) is 27.7 Å². The van der Waals surface area contributed by atoms with Gasteiger partial charge in [-0.2, -0.15) is 4.98 Å². The molecular weight excluding hydrogens is 323 g/mol. The van der Waals surface area contributed by atoms with Crippen LogP contribution in [0.5, 0.6) is 0 Å². The average Bonchev–Trinajstić information content (AvgIpc) is 2.95. The van der Waals surface area contributed by atoms with Crippen molar-refractivity contribution < 1.29 is 13.7 Å². The van der Waals surface area contributed by atoms with E-state index >= 15 is 0 Å². The van der Waals surface area contributed by atoms with Crippen molar-refractivity contribution in [3.8, 4) is 11.4 Å². The number of carbonyl (C=O) groups excluding carboxylic acids is 1. The van der Waals surface area contributed by atoms with E-state index in [0.29, 0.717) is 28.7 Å². The first-order valence-corrected chi connectivity index (χ1v) is 7.71. The third-order valence-electron chi connectivity index (χ3n) is 3.76. The fraction of sp³-hybridized carbons (Fsp3) is 0.222. The van der Waals surface area contributed by atoms with E-state index in [4.69, 9.17) is 4.52 Å². The Kier molecular flexibility index (Phi) is 4.31. The molecule has 7 heteroatoms. The van der Waals surface area contributed by atoms with Gasteiger partial charge in [-0.05, 0) is 50.1 Å². The van der Waals surface area contributed by atoms with Crippen LogP contribution in [0.15, 0.2) is 28.8 Å². The van der Waals surface area contributed by atoms with Crippen LogP contribution in [0.2, 0.25) is 0 Å². The lowest BCUT2D eigenvalue weighted by Crippen LogP contribution is -2.15. The average molecular weight is 340 g/mol. The van der Waals surface area contributed by atoms with E-state index in [1.807, 2.05) is 19.9 Å². The molecule has 0 aliphatic heterocycles. The molecule has 25 heavy (non-hydrogen) atoms. The summed E-state index contributed by atoms with van der Waals surface area (Å²) >= 11 is 0. The standard InChI is InChI=1S/C18H17FN4O2/c1-9-5-6-13(8-14(9)19)18(24)22-16-15(10(2)7-11(3)20-16)17-21-12(4)25-23-17/h5-8H,1-4H3,(H,20,22,24). The molecule has 2 heterocycles. The van der Waals surface area contributed by atoms with Crippen LogP contribution in [-0.4, -0.2) is 21.0 Å². The molecule has 0 bridgehead atoms. The van der Waals surface area contributed by atoms with E-state index in [0.717, 1.165) is 11.3 Å². The molecule has 0 spiro atoms. The first-order valence-electron chi connectivity index (χ1n) is 7.71. The highest BCUT2D eigenvalue weighted by molar-refractivity contribution is 6.05. The van der Waals surface area contributed by atoms with E-state index in [1.54, 1.807) is 26.0 Å². The molecule has 0 aliphatic rings. The van der Waals surface area contributed by atoms with Gasteiger partial charge in [0, 0.05) is 18.2 Å². The zero-order valence-corrected chi connectivity index (χ0v) is 14.3. The number of amides is 1. The smallest absolute Gasteiger partial charge is 0.256 e. The number of aromatic nitrogens is 3. The van der Waals surface area contributed by atoms with Gasteiger partial charge in [0.2, 0.25) is 11.7 Å². The quantitative estimate of drug-likeness (QED) is 0.785. The summed E-state index contributed by atoms with van der Waals surface area (Å²) in [5, 5.41) is 6.63. The highest BCUT2D eigenvalue weighted by Gasteiger charge is 2.19. The maximum Gasteiger partial charge on any atom is 0.256 e. The molecule has 0 saturated carbocycles. The van der Waals surface area contributed by atoms with Gasteiger partial charge < -0.3 is 9.84 Å². The number of pyridine rings is 1. The van der Waals surface area contributed by atoms with Gasteiger partial charge in [-0.1, -0.05) is 11.2 Å². The summed E-state index contributed by atoms with van der Waals surface area (Å²) in [5.74, 6) is 0.165. The number of hydrogen-bond donors (Lipinski definition) is 1. The number of nitrogens with zero attached hydrogens (tertiary/aromatic N) is 3. The van der Waals surface area contributed by atoms with Crippen LogP contribution in [0, 0.1) is 33.5 Å². The van der Waals surface area contributed by atoms with Crippen LogP contribution in [0.1, 0.15) is 33.1 Å². The van der Waals surface area contributed by atoms with E-state index in [2.05, 4.69) is 20.4 Å². The molecule has 0 saturated heterocycles. The zero-order chi connectivity index (χ0) is 18.1. The highest BCUT2D eigenvalue weighted by atomic mass is 19.1. The molecule has 2 aromatic heterocycles. The molecule has 0 radical (unpaired) electrons. The molecule has 1 aromatic carbocycles. The number of anilines is 1. The highest BCUT2D eigenvalue weighted by Crippen LogP contribution is 2.29. The van der Waals surface area contributed by atoms with Crippen LogP contribution in [0.3, 0.4) is 0 Å². The van der Waals surface area contributed by atoms with E-state index < -0.39 is 11.7 Å². The topological polar surface area (TPSA) is 80.9 Å². The summed E-state index contributed by atoms with van der Waals surface area (Å²) in [6.07, 6.45) is 0. The Hall–Kier alpha value is -3.09. The van der Waals surface area contributed by atoms with Crippen molar-refractivity contribution >= 4 is 11.7 Å². The minimum absolute atomic E-state index is 0.208. The molecular formula is C18H17FN4O2. The molecule has 1 amide bonds. The van der Waals surface area contributed by atoms with Gasteiger partial charge in [-0.3, -0.25) is 4.79 Å². The van der Waals surface area contributed by atoms with Crippen LogP contribution < -0.4 is 5.32 Å². The van der Waals surface area contributed by atoms with Crippen molar-refractivity contribution in [1.29, 1.82) is 0 Å². The molecule has 128 valence electrons. The van der Waals surface area contributed by atoms with Crippen molar-refractivity contribution in [3.63, 3.8) is 0 Å². The summed E-state index contributed by atoms with van der Waals surface area (Å²) in [6, 6.07) is 6.19. The Bertz CT molecular complexity index is 966. The molecule has 0 aliphatic carbocycles. The third kappa shape index (κ3) is 3.40. The predicted octanol–water partition coefficient (Wildman–Crippen LogP) is 3.76. The Morgan fingerprint density at radius 3 is 2.48 bits per heavy atom. The summed E-state index contributed by atoms with van der Waals surface area (Å²) in [4.78, 5) is 21.1. The molecule has 1 N–H and O–H groups in total. The van der Waals surface area contributed by atoms with Crippen molar-refractivity contribution in [3.05, 3.63) is 58.4 Å². The zero-order valence-electron chi connectivity index (χ0n) is 14.3. The molecule has 6 nitrogen and oxygen atoms in total. The first kappa shape index (κ1) is 16.8. The summed E-state index contributed by atoms with van der Waals surface area (Å²) in [5.41, 5.74) is 2.83. The second-order valence-corrected chi connectivity index (χ2v) is 5.86. The van der Waals surface area contributed by atoms with Gasteiger partial charge in [0.25, 0.3) is 5.91 Å². The minimum Gasteiger partial charge on any atom is -0.339 e. The van der Waals surface area contributed by atoms with Crippen molar-refractivity contribution in [1.82, 2.24) is 15.1 Å². The summed E-state index contributed by atoms with van der Waals surface area (Å²) in [6.45, 7) is 7.01. The molecule has 0 unspecified atom stereocenters. The van der Waals surface area contributed by atoms with E-state index in [9.17, 15) is 9.18 Å². The predicted molar refractivity (Wildman–Crippen MR) is 90.8 cm³/mol. The van der Waals surface area contributed by atoms with Crippen LogP contribution in [-0.2, 0) is 0 Å². The molecule has 0 fully saturated rings. The minimum atomic E-state index is -0.460. The van der Waals surface area contributed by atoms with Gasteiger partial charge in [0.05, 0.1) is 5.56 Å². The second kappa shape index (κ2) is 6.43. The number of nitrogens with one attached hydrogen (secondary N) is 1. The van der Waals surface area contributed by atoms with Crippen LogP contribution >= 0.6 is 0 Å². The van der Waals surface area contributed by atoms with Crippen LogP contribution in [0.25, 0.3) is 11.4 Å². The molecule has 3 aromatic rings. The second-order valence-electron chi connectivity index (χ2n) is 5.86. The molecule has 3 rings (SSSR count). The van der Waals surface area contributed by atoms with E-state index in [1.165, 1.54) is 6.07 Å². The number of halogens is 1. The first-order chi connectivity index (χ1) is 11.8. The number of carbonyl (C=O) groups is 1. The maximum absolute atomic E-state index is 13.7. The summed E-state index contributed by atoms with van der Waals surface area (Å²) < 4.78 is 18.8. The number of aryl methyl sites for hydroxylation is 4.